The molecule has 1 N–H and O–H groups in total. The van der Waals surface area contributed by atoms with Crippen molar-refractivity contribution in [2.45, 2.75) is 25.9 Å². The quantitative estimate of drug-likeness (QED) is 0.503. The summed E-state index contributed by atoms with van der Waals surface area (Å²) < 4.78 is 16.0. The molecule has 2 aromatic carbocycles. The van der Waals surface area contributed by atoms with Crippen LogP contribution >= 0.6 is 0 Å². The number of esters is 1. The number of ether oxygens (including phenoxy) is 3. The van der Waals surface area contributed by atoms with Crippen LogP contribution in [-0.4, -0.2) is 56.2 Å². The first-order valence-electron chi connectivity index (χ1n) is 10.1. The highest BCUT2D eigenvalue weighted by Crippen LogP contribution is 2.23. The second kappa shape index (κ2) is 10.6. The van der Waals surface area contributed by atoms with Gasteiger partial charge in [-0.3, -0.25) is 14.5 Å². The van der Waals surface area contributed by atoms with Gasteiger partial charge in [-0.15, -0.1) is 0 Å². The number of hydrogen-bond acceptors (Lipinski definition) is 6. The van der Waals surface area contributed by atoms with Crippen molar-refractivity contribution < 1.29 is 23.8 Å². The number of hydrogen-bond donors (Lipinski definition) is 1. The molecule has 0 aromatic heterocycles. The first kappa shape index (κ1) is 21.6. The van der Waals surface area contributed by atoms with Gasteiger partial charge in [0, 0.05) is 6.54 Å². The van der Waals surface area contributed by atoms with Crippen molar-refractivity contribution in [2.75, 3.05) is 33.4 Å². The lowest BCUT2D eigenvalue weighted by Crippen LogP contribution is -2.50. The Morgan fingerprint density at radius 3 is 2.37 bits per heavy atom. The van der Waals surface area contributed by atoms with E-state index in [1.54, 1.807) is 0 Å². The lowest BCUT2D eigenvalue weighted by Gasteiger charge is -2.34. The highest BCUT2D eigenvalue weighted by atomic mass is 16.5. The average molecular weight is 412 g/mol. The Morgan fingerprint density at radius 1 is 1.03 bits per heavy atom. The van der Waals surface area contributed by atoms with Gasteiger partial charge in [0.15, 0.2) is 0 Å². The first-order chi connectivity index (χ1) is 14.6. The van der Waals surface area contributed by atoms with Gasteiger partial charge in [-0.05, 0) is 48.7 Å². The first-order valence-corrected chi connectivity index (χ1v) is 10.1. The molecule has 1 amide bonds. The molecule has 30 heavy (non-hydrogen) atoms. The molecule has 1 aliphatic heterocycles. The smallest absolute Gasteiger partial charge is 0.323 e. The molecule has 7 heteroatoms. The minimum atomic E-state index is -0.462. The standard InChI is InChI=1S/C23H28N2O5/c1-3-29-19-8-10-20(11-9-19)30-13-12-24-22(26)16-25-15-18-7-5-4-6-17(18)14-21(25)23(27)28-2/h4-11,21H,3,12-16H2,1-2H3,(H,24,26)/t21-/m0/s1. The zero-order valence-electron chi connectivity index (χ0n) is 17.4. The van der Waals surface area contributed by atoms with E-state index in [4.69, 9.17) is 14.2 Å². The summed E-state index contributed by atoms with van der Waals surface area (Å²) in [6.07, 6.45) is 0.539. The topological polar surface area (TPSA) is 77.1 Å². The van der Waals surface area contributed by atoms with Crippen molar-refractivity contribution >= 4 is 11.9 Å². The Kier molecular flexibility index (Phi) is 7.68. The fourth-order valence-corrected chi connectivity index (χ4v) is 3.51. The molecular weight excluding hydrogens is 384 g/mol. The molecule has 0 bridgehead atoms. The molecule has 0 saturated heterocycles. The van der Waals surface area contributed by atoms with Gasteiger partial charge in [0.2, 0.25) is 5.91 Å². The maximum Gasteiger partial charge on any atom is 0.323 e. The van der Waals surface area contributed by atoms with E-state index in [1.807, 2.05) is 60.4 Å². The number of fused-ring (bicyclic) bond motifs is 1. The molecule has 0 spiro atoms. The molecule has 0 unspecified atom stereocenters. The molecule has 0 radical (unpaired) electrons. The van der Waals surface area contributed by atoms with Gasteiger partial charge in [-0.1, -0.05) is 24.3 Å². The van der Waals surface area contributed by atoms with E-state index < -0.39 is 6.04 Å². The number of nitrogens with zero attached hydrogens (tertiary/aromatic N) is 1. The predicted molar refractivity (Wildman–Crippen MR) is 112 cm³/mol. The lowest BCUT2D eigenvalue weighted by molar-refractivity contribution is -0.148. The Balaban J connectivity index is 1.47. The maximum absolute atomic E-state index is 12.4. The number of amides is 1. The Labute approximate surface area is 176 Å². The number of carbonyl (C=O) groups is 2. The van der Waals surface area contributed by atoms with Crippen LogP contribution in [0.2, 0.25) is 0 Å². The summed E-state index contributed by atoms with van der Waals surface area (Å²) in [7, 11) is 1.37. The average Bonchev–Trinajstić information content (AvgIpc) is 2.77. The van der Waals surface area contributed by atoms with Gasteiger partial charge in [0.25, 0.3) is 0 Å². The second-order valence-electron chi connectivity index (χ2n) is 7.02. The van der Waals surface area contributed by atoms with E-state index in [9.17, 15) is 9.59 Å². The molecule has 0 fully saturated rings. The molecule has 1 aliphatic rings. The van der Waals surface area contributed by atoms with Gasteiger partial charge in [0.05, 0.1) is 26.8 Å². The normalized spacial score (nSPS) is 15.7. The Bertz CT molecular complexity index is 853. The van der Waals surface area contributed by atoms with E-state index in [1.165, 1.54) is 7.11 Å². The SMILES string of the molecule is CCOc1ccc(OCCNC(=O)CN2Cc3ccccc3C[C@H]2C(=O)OC)cc1. The van der Waals surface area contributed by atoms with Crippen LogP contribution in [0.15, 0.2) is 48.5 Å². The fourth-order valence-electron chi connectivity index (χ4n) is 3.51. The van der Waals surface area contributed by atoms with Crippen LogP contribution in [0.25, 0.3) is 0 Å². The van der Waals surface area contributed by atoms with Crippen LogP contribution < -0.4 is 14.8 Å². The summed E-state index contributed by atoms with van der Waals surface area (Å²) >= 11 is 0. The number of nitrogens with one attached hydrogen (secondary N) is 1. The highest BCUT2D eigenvalue weighted by Gasteiger charge is 2.33. The number of methoxy groups -OCH3 is 1. The van der Waals surface area contributed by atoms with E-state index in [2.05, 4.69) is 5.32 Å². The Hall–Kier alpha value is -3.06. The van der Waals surface area contributed by atoms with Crippen molar-refractivity contribution in [3.05, 3.63) is 59.7 Å². The molecule has 0 saturated carbocycles. The second-order valence-corrected chi connectivity index (χ2v) is 7.02. The van der Waals surface area contributed by atoms with Crippen molar-refractivity contribution in [2.24, 2.45) is 0 Å². The fraction of sp³-hybridized carbons (Fsp3) is 0.391. The molecule has 0 aliphatic carbocycles. The molecular formula is C23H28N2O5. The van der Waals surface area contributed by atoms with Gasteiger partial charge in [-0.25, -0.2) is 0 Å². The van der Waals surface area contributed by atoms with Crippen LogP contribution in [0.1, 0.15) is 18.1 Å². The zero-order chi connectivity index (χ0) is 21.3. The zero-order valence-corrected chi connectivity index (χ0v) is 17.4. The monoisotopic (exact) mass is 412 g/mol. The van der Waals surface area contributed by atoms with Crippen molar-refractivity contribution in [3.8, 4) is 11.5 Å². The highest BCUT2D eigenvalue weighted by molar-refractivity contribution is 5.81. The van der Waals surface area contributed by atoms with E-state index in [-0.39, 0.29) is 18.4 Å². The van der Waals surface area contributed by atoms with Crippen LogP contribution in [0.4, 0.5) is 0 Å². The minimum Gasteiger partial charge on any atom is -0.494 e. The molecule has 1 heterocycles. The third kappa shape index (κ3) is 5.73. The number of carbonyl (C=O) groups excluding carboxylic acids is 2. The number of rotatable bonds is 9. The summed E-state index contributed by atoms with van der Waals surface area (Å²) in [6, 6.07) is 14.9. The van der Waals surface area contributed by atoms with Gasteiger partial charge in [-0.2, -0.15) is 0 Å². The van der Waals surface area contributed by atoms with E-state index in [0.717, 1.165) is 16.9 Å². The molecule has 3 rings (SSSR count). The van der Waals surface area contributed by atoms with E-state index in [0.29, 0.717) is 38.5 Å². The van der Waals surface area contributed by atoms with Crippen LogP contribution in [-0.2, 0) is 27.3 Å². The van der Waals surface area contributed by atoms with Gasteiger partial charge in [0.1, 0.15) is 24.1 Å². The molecule has 1 atom stereocenters. The molecule has 2 aromatic rings. The summed E-state index contributed by atoms with van der Waals surface area (Å²) in [5.74, 6) is 1.03. The number of benzene rings is 2. The summed E-state index contributed by atoms with van der Waals surface area (Å²) in [4.78, 5) is 26.5. The maximum atomic E-state index is 12.4. The third-order valence-electron chi connectivity index (χ3n) is 4.99. The van der Waals surface area contributed by atoms with Crippen molar-refractivity contribution in [3.63, 3.8) is 0 Å². The Morgan fingerprint density at radius 2 is 1.70 bits per heavy atom. The molecule has 160 valence electrons. The van der Waals surface area contributed by atoms with Crippen LogP contribution in [0.3, 0.4) is 0 Å². The lowest BCUT2D eigenvalue weighted by atomic mass is 9.94. The van der Waals surface area contributed by atoms with Crippen LogP contribution in [0.5, 0.6) is 11.5 Å². The van der Waals surface area contributed by atoms with Gasteiger partial charge >= 0.3 is 5.97 Å². The third-order valence-corrected chi connectivity index (χ3v) is 4.99. The summed E-state index contributed by atoms with van der Waals surface area (Å²) in [6.45, 7) is 3.93. The van der Waals surface area contributed by atoms with E-state index >= 15 is 0 Å². The van der Waals surface area contributed by atoms with Crippen LogP contribution in [0, 0.1) is 0 Å². The van der Waals surface area contributed by atoms with Crippen molar-refractivity contribution in [1.82, 2.24) is 10.2 Å². The summed E-state index contributed by atoms with van der Waals surface area (Å²) in [5.41, 5.74) is 2.25. The largest absolute Gasteiger partial charge is 0.494 e. The summed E-state index contributed by atoms with van der Waals surface area (Å²) in [5, 5.41) is 2.85. The minimum absolute atomic E-state index is 0.122. The molecule has 7 nitrogen and oxygen atoms in total. The van der Waals surface area contributed by atoms with Crippen molar-refractivity contribution in [1.29, 1.82) is 0 Å². The predicted octanol–water partition coefficient (Wildman–Crippen LogP) is 2.18. The van der Waals surface area contributed by atoms with Gasteiger partial charge < -0.3 is 19.5 Å².